The molecule has 1 saturated heterocycles. The fourth-order valence-corrected chi connectivity index (χ4v) is 1.83. The van der Waals surface area contributed by atoms with Gasteiger partial charge in [-0.3, -0.25) is 0 Å². The summed E-state index contributed by atoms with van der Waals surface area (Å²) < 4.78 is 0. The summed E-state index contributed by atoms with van der Waals surface area (Å²) in [6.45, 7) is 3.19. The third kappa shape index (κ3) is 5.24. The fraction of sp³-hybridized carbons (Fsp3) is 1.00. The van der Waals surface area contributed by atoms with E-state index in [0.717, 1.165) is 13.1 Å². The van der Waals surface area contributed by atoms with Gasteiger partial charge in [0.15, 0.2) is 0 Å². The topological polar surface area (TPSA) is 44.3 Å². The molecular formula is C10H22N2O. The summed E-state index contributed by atoms with van der Waals surface area (Å²) in [5.74, 6) is 0. The average Bonchev–Trinajstić information content (AvgIpc) is 2.41. The number of aliphatic hydroxyl groups excluding tert-OH is 1. The highest BCUT2D eigenvalue weighted by Gasteiger charge is 2.09. The highest BCUT2D eigenvalue weighted by atomic mass is 16.3. The van der Waals surface area contributed by atoms with Gasteiger partial charge in [0.1, 0.15) is 0 Å². The maximum Gasteiger partial charge on any atom is 0.0555 e. The van der Waals surface area contributed by atoms with Gasteiger partial charge in [0.05, 0.1) is 6.61 Å². The molecule has 78 valence electrons. The van der Waals surface area contributed by atoms with Gasteiger partial charge < -0.3 is 15.7 Å². The number of hydrogen-bond acceptors (Lipinski definition) is 3. The van der Waals surface area contributed by atoms with Gasteiger partial charge in [-0.15, -0.1) is 0 Å². The second-order valence-corrected chi connectivity index (χ2v) is 3.76. The fourth-order valence-electron chi connectivity index (χ4n) is 1.83. The van der Waals surface area contributed by atoms with Crippen LogP contribution in [0.1, 0.15) is 32.1 Å². The lowest BCUT2D eigenvalue weighted by molar-refractivity contribution is 0.290. The van der Waals surface area contributed by atoms with Crippen LogP contribution in [0.2, 0.25) is 0 Å². The average molecular weight is 186 g/mol. The third-order valence-electron chi connectivity index (χ3n) is 2.62. The van der Waals surface area contributed by atoms with Crippen LogP contribution < -0.4 is 10.6 Å². The number of nitrogens with one attached hydrogen (secondary N) is 2. The van der Waals surface area contributed by atoms with Crippen molar-refractivity contribution in [3.8, 4) is 0 Å². The van der Waals surface area contributed by atoms with Gasteiger partial charge in [-0.05, 0) is 32.4 Å². The molecule has 1 aliphatic heterocycles. The van der Waals surface area contributed by atoms with Crippen LogP contribution in [0.25, 0.3) is 0 Å². The van der Waals surface area contributed by atoms with E-state index in [9.17, 15) is 0 Å². The van der Waals surface area contributed by atoms with Gasteiger partial charge in [0.2, 0.25) is 0 Å². The van der Waals surface area contributed by atoms with Crippen LogP contribution in [-0.4, -0.2) is 37.4 Å². The normalized spacial score (nSPS) is 24.2. The molecule has 1 unspecified atom stereocenters. The number of aliphatic hydroxyl groups is 1. The minimum atomic E-state index is 0.248. The maximum absolute atomic E-state index is 8.57. The molecule has 0 aliphatic carbocycles. The third-order valence-corrected chi connectivity index (χ3v) is 2.62. The lowest BCUT2D eigenvalue weighted by Gasteiger charge is -2.15. The van der Waals surface area contributed by atoms with E-state index in [4.69, 9.17) is 5.11 Å². The van der Waals surface area contributed by atoms with Gasteiger partial charge in [-0.25, -0.2) is 0 Å². The smallest absolute Gasteiger partial charge is 0.0555 e. The van der Waals surface area contributed by atoms with Crippen molar-refractivity contribution < 1.29 is 5.11 Å². The van der Waals surface area contributed by atoms with Crippen LogP contribution in [0.3, 0.4) is 0 Å². The van der Waals surface area contributed by atoms with Crippen LogP contribution in [-0.2, 0) is 0 Å². The summed E-state index contributed by atoms with van der Waals surface area (Å²) >= 11 is 0. The predicted octanol–water partition coefficient (Wildman–Crippen LogP) is 0.491. The minimum Gasteiger partial charge on any atom is -0.395 e. The Morgan fingerprint density at radius 3 is 3.00 bits per heavy atom. The first-order valence-corrected chi connectivity index (χ1v) is 5.48. The summed E-state index contributed by atoms with van der Waals surface area (Å²) in [6.07, 6.45) is 6.60. The predicted molar refractivity (Wildman–Crippen MR) is 54.8 cm³/mol. The lowest BCUT2D eigenvalue weighted by atomic mass is 10.1. The molecule has 3 nitrogen and oxygen atoms in total. The molecule has 13 heavy (non-hydrogen) atoms. The van der Waals surface area contributed by atoms with E-state index in [0.29, 0.717) is 6.04 Å². The Labute approximate surface area is 80.9 Å². The molecule has 0 aromatic carbocycles. The Morgan fingerprint density at radius 2 is 2.15 bits per heavy atom. The van der Waals surface area contributed by atoms with E-state index in [1.165, 1.54) is 38.6 Å². The zero-order valence-electron chi connectivity index (χ0n) is 8.39. The zero-order chi connectivity index (χ0) is 9.36. The van der Waals surface area contributed by atoms with E-state index < -0.39 is 0 Å². The van der Waals surface area contributed by atoms with Crippen LogP contribution >= 0.6 is 0 Å². The largest absolute Gasteiger partial charge is 0.395 e. The molecule has 1 atom stereocenters. The van der Waals surface area contributed by atoms with Crippen LogP contribution in [0.15, 0.2) is 0 Å². The Morgan fingerprint density at radius 1 is 1.23 bits per heavy atom. The summed E-state index contributed by atoms with van der Waals surface area (Å²) in [5, 5.41) is 15.3. The molecule has 0 radical (unpaired) electrons. The Hall–Kier alpha value is -0.120. The van der Waals surface area contributed by atoms with Gasteiger partial charge in [-0.2, -0.15) is 0 Å². The molecule has 1 rings (SSSR count). The highest BCUT2D eigenvalue weighted by Crippen LogP contribution is 2.10. The van der Waals surface area contributed by atoms with E-state index >= 15 is 0 Å². The van der Waals surface area contributed by atoms with E-state index in [-0.39, 0.29) is 6.61 Å². The molecule has 0 amide bonds. The van der Waals surface area contributed by atoms with E-state index in [1.807, 2.05) is 0 Å². The lowest BCUT2D eigenvalue weighted by Crippen LogP contribution is -2.32. The summed E-state index contributed by atoms with van der Waals surface area (Å²) in [5.41, 5.74) is 0. The molecule has 1 aliphatic rings. The monoisotopic (exact) mass is 186 g/mol. The van der Waals surface area contributed by atoms with Crippen molar-refractivity contribution in [1.82, 2.24) is 10.6 Å². The highest BCUT2D eigenvalue weighted by molar-refractivity contribution is 4.71. The van der Waals surface area contributed by atoms with Crippen molar-refractivity contribution in [1.29, 1.82) is 0 Å². The van der Waals surface area contributed by atoms with Crippen molar-refractivity contribution in [2.24, 2.45) is 0 Å². The van der Waals surface area contributed by atoms with Gasteiger partial charge in [0.25, 0.3) is 0 Å². The molecule has 3 heteroatoms. The Bertz CT molecular complexity index is 111. The SMILES string of the molecule is OCCNCCC1CCCCCN1. The molecule has 0 aromatic heterocycles. The molecule has 1 fully saturated rings. The summed E-state index contributed by atoms with van der Waals surface area (Å²) in [4.78, 5) is 0. The molecule has 0 spiro atoms. The van der Waals surface area contributed by atoms with Crippen LogP contribution in [0.5, 0.6) is 0 Å². The van der Waals surface area contributed by atoms with E-state index in [2.05, 4.69) is 10.6 Å². The molecular weight excluding hydrogens is 164 g/mol. The minimum absolute atomic E-state index is 0.248. The van der Waals surface area contributed by atoms with Gasteiger partial charge in [0, 0.05) is 12.6 Å². The number of hydrogen-bond donors (Lipinski definition) is 3. The maximum atomic E-state index is 8.57. The quantitative estimate of drug-likeness (QED) is 0.548. The molecule has 3 N–H and O–H groups in total. The van der Waals surface area contributed by atoms with Gasteiger partial charge >= 0.3 is 0 Å². The van der Waals surface area contributed by atoms with Crippen molar-refractivity contribution in [3.63, 3.8) is 0 Å². The van der Waals surface area contributed by atoms with Crippen LogP contribution in [0, 0.1) is 0 Å². The van der Waals surface area contributed by atoms with Crippen LogP contribution in [0.4, 0.5) is 0 Å². The first-order chi connectivity index (χ1) is 6.43. The number of rotatable bonds is 5. The first-order valence-electron chi connectivity index (χ1n) is 5.48. The molecule has 0 saturated carbocycles. The molecule has 0 aromatic rings. The van der Waals surface area contributed by atoms with Crippen molar-refractivity contribution in [2.45, 2.75) is 38.1 Å². The molecule has 1 heterocycles. The Kier molecular flexibility index (Phi) is 6.15. The first kappa shape index (κ1) is 11.0. The van der Waals surface area contributed by atoms with Crippen molar-refractivity contribution in [2.75, 3.05) is 26.2 Å². The summed E-state index contributed by atoms with van der Waals surface area (Å²) in [6, 6.07) is 0.702. The van der Waals surface area contributed by atoms with Crippen molar-refractivity contribution >= 4 is 0 Å². The second kappa shape index (κ2) is 7.30. The Balaban J connectivity index is 1.98. The van der Waals surface area contributed by atoms with E-state index in [1.54, 1.807) is 0 Å². The second-order valence-electron chi connectivity index (χ2n) is 3.76. The van der Waals surface area contributed by atoms with Crippen molar-refractivity contribution in [3.05, 3.63) is 0 Å². The molecule has 0 bridgehead atoms. The summed E-state index contributed by atoms with van der Waals surface area (Å²) in [7, 11) is 0. The van der Waals surface area contributed by atoms with Gasteiger partial charge in [-0.1, -0.05) is 12.8 Å². The standard InChI is InChI=1S/C10H22N2O/c13-9-8-11-7-5-10-4-2-1-3-6-12-10/h10-13H,1-9H2. The zero-order valence-corrected chi connectivity index (χ0v) is 8.39.